The van der Waals surface area contributed by atoms with E-state index in [1.165, 1.54) is 0 Å². The van der Waals surface area contributed by atoms with Crippen LogP contribution in [-0.4, -0.2) is 82.4 Å². The standard InChI is InChI=1S/C29H36N4O4S2/c1-29(2)27(36)33(22-9-10-24-21(18-22)20-37-26(24)35)28(38)32(29)12-6-4-3-5-11-30-13-15-31(16-14-30)25(34)19-23-8-7-17-39-23/h7-10,17-18H,3-6,11-16,19-20H2,1-2H3. The third-order valence-electron chi connectivity index (χ3n) is 7.99. The van der Waals surface area contributed by atoms with E-state index in [1.807, 2.05) is 47.2 Å². The Morgan fingerprint density at radius 1 is 1.03 bits per heavy atom. The summed E-state index contributed by atoms with van der Waals surface area (Å²) in [7, 11) is 0. The van der Waals surface area contributed by atoms with Crippen LogP contribution in [0.3, 0.4) is 0 Å². The lowest BCUT2D eigenvalue weighted by molar-refractivity contribution is -0.132. The molecule has 2 fully saturated rings. The normalized spacial score (nSPS) is 19.1. The van der Waals surface area contributed by atoms with Crippen molar-refractivity contribution in [2.75, 3.05) is 44.2 Å². The van der Waals surface area contributed by atoms with E-state index in [1.54, 1.807) is 28.4 Å². The lowest BCUT2D eigenvalue weighted by Crippen LogP contribution is -2.49. The monoisotopic (exact) mass is 568 g/mol. The zero-order valence-corrected chi connectivity index (χ0v) is 24.3. The van der Waals surface area contributed by atoms with Gasteiger partial charge < -0.3 is 14.5 Å². The summed E-state index contributed by atoms with van der Waals surface area (Å²) in [5.41, 5.74) is 1.31. The van der Waals surface area contributed by atoms with Crippen molar-refractivity contribution in [2.45, 2.75) is 58.1 Å². The number of carbonyl (C=O) groups excluding carboxylic acids is 3. The number of amides is 2. The Hall–Kier alpha value is -2.82. The Bertz CT molecular complexity index is 1240. The molecule has 4 heterocycles. The highest BCUT2D eigenvalue weighted by molar-refractivity contribution is 7.80. The number of rotatable bonds is 10. The molecule has 2 aromatic rings. The van der Waals surface area contributed by atoms with Gasteiger partial charge in [-0.25, -0.2) is 4.79 Å². The Morgan fingerprint density at radius 2 is 1.77 bits per heavy atom. The van der Waals surface area contributed by atoms with Crippen LogP contribution in [0.2, 0.25) is 0 Å². The van der Waals surface area contributed by atoms with E-state index in [0.717, 1.165) is 75.4 Å². The number of hydrogen-bond donors (Lipinski definition) is 0. The summed E-state index contributed by atoms with van der Waals surface area (Å²) in [5, 5.41) is 2.53. The van der Waals surface area contributed by atoms with Gasteiger partial charge in [0, 0.05) is 43.2 Å². The van der Waals surface area contributed by atoms with Gasteiger partial charge in [-0.2, -0.15) is 0 Å². The van der Waals surface area contributed by atoms with Gasteiger partial charge >= 0.3 is 5.97 Å². The van der Waals surface area contributed by atoms with Gasteiger partial charge in [0.25, 0.3) is 5.91 Å². The second-order valence-corrected chi connectivity index (χ2v) is 12.3. The average molecular weight is 569 g/mol. The highest BCUT2D eigenvalue weighted by atomic mass is 32.1. The number of unbranched alkanes of at least 4 members (excludes halogenated alkanes) is 3. The number of benzene rings is 1. The number of anilines is 1. The van der Waals surface area contributed by atoms with E-state index in [9.17, 15) is 14.4 Å². The van der Waals surface area contributed by atoms with Crippen LogP contribution in [-0.2, 0) is 27.4 Å². The Balaban J connectivity index is 1.03. The second kappa shape index (κ2) is 11.7. The lowest BCUT2D eigenvalue weighted by atomic mass is 10.0. The lowest BCUT2D eigenvalue weighted by Gasteiger charge is -2.34. The van der Waals surface area contributed by atoms with Crippen LogP contribution in [0.5, 0.6) is 0 Å². The summed E-state index contributed by atoms with van der Waals surface area (Å²) in [6.45, 7) is 9.35. The number of thiophene rings is 1. The number of piperazine rings is 1. The summed E-state index contributed by atoms with van der Waals surface area (Å²) in [6, 6.07) is 9.35. The molecule has 0 spiro atoms. The van der Waals surface area contributed by atoms with Crippen LogP contribution < -0.4 is 4.90 Å². The van der Waals surface area contributed by atoms with Gasteiger partial charge in [-0.05, 0) is 75.1 Å². The predicted molar refractivity (Wildman–Crippen MR) is 156 cm³/mol. The number of nitrogens with zero attached hydrogens (tertiary/aromatic N) is 4. The predicted octanol–water partition coefficient (Wildman–Crippen LogP) is 4.08. The molecule has 0 saturated carbocycles. The fraction of sp³-hybridized carbons (Fsp3) is 0.517. The minimum Gasteiger partial charge on any atom is -0.457 e. The maximum Gasteiger partial charge on any atom is 0.338 e. The van der Waals surface area contributed by atoms with Gasteiger partial charge in [0.1, 0.15) is 12.1 Å². The number of esters is 1. The summed E-state index contributed by atoms with van der Waals surface area (Å²) >= 11 is 7.41. The largest absolute Gasteiger partial charge is 0.457 e. The van der Waals surface area contributed by atoms with Crippen molar-refractivity contribution >= 4 is 52.1 Å². The minimum absolute atomic E-state index is 0.0503. The molecule has 39 heavy (non-hydrogen) atoms. The molecular weight excluding hydrogens is 532 g/mol. The number of cyclic esters (lactones) is 1. The smallest absolute Gasteiger partial charge is 0.338 e. The Kier molecular flexibility index (Phi) is 8.35. The number of ether oxygens (including phenoxy) is 1. The zero-order valence-electron chi connectivity index (χ0n) is 22.7. The van der Waals surface area contributed by atoms with Crippen molar-refractivity contribution in [1.82, 2.24) is 14.7 Å². The number of hydrogen-bond acceptors (Lipinski definition) is 7. The van der Waals surface area contributed by atoms with Crippen molar-refractivity contribution < 1.29 is 19.1 Å². The third kappa shape index (κ3) is 5.88. The van der Waals surface area contributed by atoms with E-state index in [0.29, 0.717) is 22.8 Å². The van der Waals surface area contributed by atoms with Crippen molar-refractivity contribution in [3.63, 3.8) is 0 Å². The maximum absolute atomic E-state index is 13.3. The molecule has 0 radical (unpaired) electrons. The van der Waals surface area contributed by atoms with E-state index >= 15 is 0 Å². The van der Waals surface area contributed by atoms with Crippen LogP contribution in [0.15, 0.2) is 35.7 Å². The van der Waals surface area contributed by atoms with Gasteiger partial charge in [-0.3, -0.25) is 19.4 Å². The third-order valence-corrected chi connectivity index (χ3v) is 9.27. The van der Waals surface area contributed by atoms with E-state index in [4.69, 9.17) is 17.0 Å². The molecule has 0 bridgehead atoms. The first-order valence-electron chi connectivity index (χ1n) is 13.7. The summed E-state index contributed by atoms with van der Waals surface area (Å²) < 4.78 is 5.11. The van der Waals surface area contributed by atoms with Crippen molar-refractivity contribution in [1.29, 1.82) is 0 Å². The fourth-order valence-corrected chi connectivity index (χ4v) is 6.75. The SMILES string of the molecule is CC1(C)C(=O)N(c2ccc3c(c2)COC3=O)C(=S)N1CCCCCCN1CCN(C(=O)Cc2cccs2)CC1. The van der Waals surface area contributed by atoms with Crippen LogP contribution >= 0.6 is 23.6 Å². The molecule has 10 heteroatoms. The highest BCUT2D eigenvalue weighted by Crippen LogP contribution is 2.34. The summed E-state index contributed by atoms with van der Waals surface area (Å²) in [5.74, 6) is -0.140. The molecule has 1 aromatic carbocycles. The van der Waals surface area contributed by atoms with E-state index in [-0.39, 0.29) is 24.4 Å². The molecule has 2 saturated heterocycles. The van der Waals surface area contributed by atoms with Gasteiger partial charge in [-0.1, -0.05) is 18.9 Å². The second-order valence-electron chi connectivity index (χ2n) is 10.9. The van der Waals surface area contributed by atoms with E-state index < -0.39 is 5.54 Å². The first-order chi connectivity index (χ1) is 18.8. The van der Waals surface area contributed by atoms with Crippen molar-refractivity contribution in [3.05, 3.63) is 51.7 Å². The van der Waals surface area contributed by atoms with Gasteiger partial charge in [0.15, 0.2) is 5.11 Å². The Morgan fingerprint density at radius 3 is 2.49 bits per heavy atom. The molecule has 208 valence electrons. The highest BCUT2D eigenvalue weighted by Gasteiger charge is 2.49. The molecule has 0 atom stereocenters. The van der Waals surface area contributed by atoms with Gasteiger partial charge in [0.05, 0.1) is 17.7 Å². The fourth-order valence-electron chi connectivity index (χ4n) is 5.55. The minimum atomic E-state index is -0.719. The molecule has 2 amide bonds. The summed E-state index contributed by atoms with van der Waals surface area (Å²) in [6.07, 6.45) is 4.79. The maximum atomic E-state index is 13.3. The van der Waals surface area contributed by atoms with Gasteiger partial charge in [-0.15, -0.1) is 11.3 Å². The van der Waals surface area contributed by atoms with E-state index in [2.05, 4.69) is 4.90 Å². The van der Waals surface area contributed by atoms with Crippen LogP contribution in [0.25, 0.3) is 0 Å². The van der Waals surface area contributed by atoms with Crippen LogP contribution in [0.1, 0.15) is 60.3 Å². The quantitative estimate of drug-likeness (QED) is 0.243. The van der Waals surface area contributed by atoms with Crippen molar-refractivity contribution in [2.24, 2.45) is 0 Å². The average Bonchev–Trinajstić information content (AvgIpc) is 3.61. The molecule has 1 aromatic heterocycles. The molecule has 0 unspecified atom stereocenters. The first-order valence-corrected chi connectivity index (χ1v) is 15.0. The molecular formula is C29H36N4O4S2. The number of carbonyl (C=O) groups is 3. The molecule has 5 rings (SSSR count). The zero-order chi connectivity index (χ0) is 27.6. The molecule has 0 aliphatic carbocycles. The molecule has 0 N–H and O–H groups in total. The Labute approximate surface area is 239 Å². The van der Waals surface area contributed by atoms with Crippen molar-refractivity contribution in [3.8, 4) is 0 Å². The topological polar surface area (TPSA) is 73.4 Å². The first kappa shape index (κ1) is 27.7. The van der Waals surface area contributed by atoms with Gasteiger partial charge in [0.2, 0.25) is 5.91 Å². The molecule has 3 aliphatic heterocycles. The molecule has 3 aliphatic rings. The molecule has 8 nitrogen and oxygen atoms in total. The van der Waals surface area contributed by atoms with Crippen LogP contribution in [0.4, 0.5) is 5.69 Å². The van der Waals surface area contributed by atoms with Crippen LogP contribution in [0, 0.1) is 0 Å². The summed E-state index contributed by atoms with van der Waals surface area (Å²) in [4.78, 5) is 46.9. The number of fused-ring (bicyclic) bond motifs is 1. The number of thiocarbonyl (C=S) groups is 1.